The molecule has 0 aliphatic carbocycles. The van der Waals surface area contributed by atoms with Crippen molar-refractivity contribution in [2.24, 2.45) is 10.7 Å². The van der Waals surface area contributed by atoms with E-state index >= 15 is 0 Å². The fraction of sp³-hybridized carbons (Fsp3) is 0.263. The summed E-state index contributed by atoms with van der Waals surface area (Å²) in [5.74, 6) is -0.351. The zero-order chi connectivity index (χ0) is 18.9. The van der Waals surface area contributed by atoms with E-state index in [-0.39, 0.29) is 30.3 Å². The van der Waals surface area contributed by atoms with Crippen LogP contribution in [-0.4, -0.2) is 17.9 Å². The molecule has 1 atom stereocenters. The predicted octanol–water partition coefficient (Wildman–Crippen LogP) is 3.04. The van der Waals surface area contributed by atoms with E-state index in [4.69, 9.17) is 5.73 Å². The monoisotopic (exact) mass is 361 g/mol. The first-order valence-corrected chi connectivity index (χ1v) is 8.07. The Balaban J connectivity index is 2.09. The second-order valence-corrected chi connectivity index (χ2v) is 6.30. The van der Waals surface area contributed by atoms with Gasteiger partial charge in [-0.05, 0) is 16.7 Å². The molecule has 1 unspecified atom stereocenters. The lowest BCUT2D eigenvalue weighted by atomic mass is 9.79. The Hall–Kier alpha value is -2.83. The summed E-state index contributed by atoms with van der Waals surface area (Å²) >= 11 is 0. The quantitative estimate of drug-likeness (QED) is 0.882. The number of alkyl halides is 3. The minimum atomic E-state index is -4.61. The highest BCUT2D eigenvalue weighted by Crippen LogP contribution is 2.47. The Morgan fingerprint density at radius 2 is 1.92 bits per heavy atom. The summed E-state index contributed by atoms with van der Waals surface area (Å²) in [5.41, 5.74) is 5.20. The summed E-state index contributed by atoms with van der Waals surface area (Å²) < 4.78 is 42.3. The van der Waals surface area contributed by atoms with Crippen molar-refractivity contribution in [1.29, 1.82) is 0 Å². The van der Waals surface area contributed by atoms with E-state index < -0.39 is 11.7 Å². The number of nitrogens with one attached hydrogen (secondary N) is 1. The number of nitrogens with two attached hydrogens (primary N) is 1. The van der Waals surface area contributed by atoms with Crippen molar-refractivity contribution in [1.82, 2.24) is 5.32 Å². The maximum atomic E-state index is 14.1. The molecule has 4 nitrogen and oxygen atoms in total. The molecular weight excluding hydrogens is 343 g/mol. The van der Waals surface area contributed by atoms with Crippen LogP contribution in [0, 0.1) is 0 Å². The maximum absolute atomic E-state index is 14.1. The highest BCUT2D eigenvalue weighted by atomic mass is 19.4. The van der Waals surface area contributed by atoms with Gasteiger partial charge in [-0.1, -0.05) is 48.5 Å². The molecule has 0 fully saturated rings. The van der Waals surface area contributed by atoms with Crippen molar-refractivity contribution >= 4 is 11.7 Å². The number of aliphatic imine (C=N–C) groups is 1. The Morgan fingerprint density at radius 1 is 1.23 bits per heavy atom. The lowest BCUT2D eigenvalue weighted by Gasteiger charge is -2.36. The SMILES string of the molecule is CC(=O)NCc1ccc2c(c1)CC(c1ccccc1)(C(F)(F)F)N=C2N. The third-order valence-electron chi connectivity index (χ3n) is 4.46. The maximum Gasteiger partial charge on any atom is 0.418 e. The van der Waals surface area contributed by atoms with E-state index in [0.29, 0.717) is 16.7 Å². The number of benzene rings is 2. The van der Waals surface area contributed by atoms with Gasteiger partial charge in [-0.2, -0.15) is 13.2 Å². The number of halogens is 3. The van der Waals surface area contributed by atoms with Gasteiger partial charge in [0, 0.05) is 25.5 Å². The minimum absolute atomic E-state index is 0.0494. The molecule has 0 saturated carbocycles. The summed E-state index contributed by atoms with van der Waals surface area (Å²) in [5, 5.41) is 2.64. The molecule has 0 spiro atoms. The molecule has 1 aliphatic rings. The van der Waals surface area contributed by atoms with Crippen LogP contribution in [0.4, 0.5) is 13.2 Å². The van der Waals surface area contributed by atoms with E-state index in [9.17, 15) is 18.0 Å². The molecule has 0 radical (unpaired) electrons. The van der Waals surface area contributed by atoms with Gasteiger partial charge in [-0.15, -0.1) is 0 Å². The molecule has 7 heteroatoms. The zero-order valence-electron chi connectivity index (χ0n) is 14.1. The van der Waals surface area contributed by atoms with Gasteiger partial charge in [0.1, 0.15) is 5.84 Å². The molecule has 1 aliphatic heterocycles. The topological polar surface area (TPSA) is 67.5 Å². The molecule has 0 aromatic heterocycles. The molecule has 3 N–H and O–H groups in total. The zero-order valence-corrected chi connectivity index (χ0v) is 14.1. The summed E-state index contributed by atoms with van der Waals surface area (Å²) in [6.45, 7) is 1.62. The van der Waals surface area contributed by atoms with E-state index in [2.05, 4.69) is 10.3 Å². The average molecular weight is 361 g/mol. The second kappa shape index (κ2) is 6.48. The first kappa shape index (κ1) is 18.0. The third-order valence-corrected chi connectivity index (χ3v) is 4.46. The number of amides is 1. The predicted molar refractivity (Wildman–Crippen MR) is 92.6 cm³/mol. The van der Waals surface area contributed by atoms with Crippen LogP contribution in [0.1, 0.15) is 29.2 Å². The third kappa shape index (κ3) is 3.16. The molecule has 0 bridgehead atoms. The number of carbonyl (C=O) groups is 1. The van der Waals surface area contributed by atoms with Crippen LogP contribution >= 0.6 is 0 Å². The molecule has 1 heterocycles. The Kier molecular flexibility index (Phi) is 4.48. The first-order chi connectivity index (χ1) is 12.2. The average Bonchev–Trinajstić information content (AvgIpc) is 2.59. The van der Waals surface area contributed by atoms with Gasteiger partial charge in [-0.3, -0.25) is 4.79 Å². The summed E-state index contributed by atoms with van der Waals surface area (Å²) in [7, 11) is 0. The van der Waals surface area contributed by atoms with E-state index in [1.54, 1.807) is 36.4 Å². The van der Waals surface area contributed by atoms with Gasteiger partial charge >= 0.3 is 6.18 Å². The molecule has 136 valence electrons. The van der Waals surface area contributed by atoms with Crippen molar-refractivity contribution in [3.63, 3.8) is 0 Å². The summed E-state index contributed by atoms with van der Waals surface area (Å²) in [6, 6.07) is 12.6. The fourth-order valence-electron chi connectivity index (χ4n) is 3.17. The molecule has 3 rings (SSSR count). The summed E-state index contributed by atoms with van der Waals surface area (Å²) in [6.07, 6.45) is -4.95. The molecule has 2 aromatic rings. The van der Waals surface area contributed by atoms with Gasteiger partial charge in [0.15, 0.2) is 5.54 Å². The molecule has 26 heavy (non-hydrogen) atoms. The normalized spacial score (nSPS) is 19.5. The van der Waals surface area contributed by atoms with Gasteiger partial charge in [0.2, 0.25) is 5.91 Å². The largest absolute Gasteiger partial charge is 0.418 e. The van der Waals surface area contributed by atoms with Crippen molar-refractivity contribution in [3.8, 4) is 0 Å². The molecular formula is C19H18F3N3O. The first-order valence-electron chi connectivity index (χ1n) is 8.07. The number of hydrogen-bond acceptors (Lipinski definition) is 3. The van der Waals surface area contributed by atoms with Crippen LogP contribution in [0.25, 0.3) is 0 Å². The Morgan fingerprint density at radius 3 is 2.54 bits per heavy atom. The van der Waals surface area contributed by atoms with Crippen molar-refractivity contribution < 1.29 is 18.0 Å². The second-order valence-electron chi connectivity index (χ2n) is 6.30. The van der Waals surface area contributed by atoms with E-state index in [0.717, 1.165) is 0 Å². The lowest BCUT2D eigenvalue weighted by molar-refractivity contribution is -0.189. The Labute approximate surface area is 148 Å². The van der Waals surface area contributed by atoms with E-state index in [1.165, 1.54) is 19.1 Å². The summed E-state index contributed by atoms with van der Waals surface area (Å²) in [4.78, 5) is 15.0. The smallest absolute Gasteiger partial charge is 0.383 e. The van der Waals surface area contributed by atoms with Crippen molar-refractivity contribution in [2.45, 2.75) is 31.6 Å². The minimum Gasteiger partial charge on any atom is -0.383 e. The van der Waals surface area contributed by atoms with Crippen LogP contribution < -0.4 is 11.1 Å². The highest BCUT2D eigenvalue weighted by molar-refractivity contribution is 6.00. The van der Waals surface area contributed by atoms with Crippen LogP contribution in [-0.2, 0) is 23.3 Å². The van der Waals surface area contributed by atoms with Crippen LogP contribution in [0.15, 0.2) is 53.5 Å². The molecule has 1 amide bonds. The van der Waals surface area contributed by atoms with Crippen molar-refractivity contribution in [3.05, 3.63) is 70.8 Å². The molecule has 2 aromatic carbocycles. The Bertz CT molecular complexity index is 862. The lowest BCUT2D eigenvalue weighted by Crippen LogP contribution is -2.47. The van der Waals surface area contributed by atoms with Gasteiger partial charge < -0.3 is 11.1 Å². The van der Waals surface area contributed by atoms with Gasteiger partial charge in [0.05, 0.1) is 0 Å². The van der Waals surface area contributed by atoms with Crippen LogP contribution in [0.5, 0.6) is 0 Å². The number of carbonyl (C=O) groups excluding carboxylic acids is 1. The van der Waals surface area contributed by atoms with Crippen LogP contribution in [0.3, 0.4) is 0 Å². The number of rotatable bonds is 3. The van der Waals surface area contributed by atoms with Crippen molar-refractivity contribution in [2.75, 3.05) is 0 Å². The number of fused-ring (bicyclic) bond motifs is 1. The number of amidine groups is 1. The molecule has 0 saturated heterocycles. The van der Waals surface area contributed by atoms with Gasteiger partial charge in [-0.25, -0.2) is 4.99 Å². The van der Waals surface area contributed by atoms with Gasteiger partial charge in [0.25, 0.3) is 0 Å². The standard InChI is InChI=1S/C19H18F3N3O/c1-12(26)24-11-13-7-8-16-14(9-13)10-18(19(20,21)22,25-17(16)23)15-5-3-2-4-6-15/h2-9H,10-11H2,1H3,(H2,23,25)(H,24,26). The van der Waals surface area contributed by atoms with Crippen LogP contribution in [0.2, 0.25) is 0 Å². The number of hydrogen-bond donors (Lipinski definition) is 2. The van der Waals surface area contributed by atoms with E-state index in [1.807, 2.05) is 0 Å². The fourth-order valence-corrected chi connectivity index (χ4v) is 3.17. The highest BCUT2D eigenvalue weighted by Gasteiger charge is 2.57. The number of nitrogens with zero attached hydrogens (tertiary/aromatic N) is 1.